The molecule has 19 heavy (non-hydrogen) atoms. The van der Waals surface area contributed by atoms with Crippen LogP contribution in [0.2, 0.25) is 0 Å². The molecule has 1 aliphatic heterocycles. The van der Waals surface area contributed by atoms with Crippen molar-refractivity contribution in [1.82, 2.24) is 14.4 Å². The highest BCUT2D eigenvalue weighted by Crippen LogP contribution is 2.24. The predicted molar refractivity (Wildman–Crippen MR) is 84.6 cm³/mol. The standard InChI is InChI=1S/C12H17N5S2/c1-13-10-7-17-3-2-14-12(17)11(16-10)15-6-9-8-18-4-5-19-9/h2-3,7,9,13H,4-6,8H2,1H3,(H,15,16). The maximum Gasteiger partial charge on any atom is 0.180 e. The Morgan fingerprint density at radius 3 is 3.21 bits per heavy atom. The first kappa shape index (κ1) is 12.9. The number of hydrogen-bond acceptors (Lipinski definition) is 6. The van der Waals surface area contributed by atoms with Gasteiger partial charge in [0.2, 0.25) is 0 Å². The molecule has 3 heterocycles. The van der Waals surface area contributed by atoms with Crippen LogP contribution in [0.15, 0.2) is 18.6 Å². The molecule has 0 radical (unpaired) electrons. The van der Waals surface area contributed by atoms with E-state index in [-0.39, 0.29) is 0 Å². The fourth-order valence-corrected chi connectivity index (χ4v) is 4.65. The van der Waals surface area contributed by atoms with Gasteiger partial charge < -0.3 is 15.0 Å². The third kappa shape index (κ3) is 2.92. The van der Waals surface area contributed by atoms with E-state index in [1.807, 2.05) is 47.4 Å². The molecule has 5 nitrogen and oxygen atoms in total. The Bertz CT molecular complexity index is 550. The van der Waals surface area contributed by atoms with E-state index in [2.05, 4.69) is 20.6 Å². The van der Waals surface area contributed by atoms with E-state index < -0.39 is 0 Å². The molecule has 0 aliphatic carbocycles. The molecule has 2 aromatic heterocycles. The molecule has 102 valence electrons. The number of thioether (sulfide) groups is 2. The average molecular weight is 295 g/mol. The molecule has 1 saturated heterocycles. The summed E-state index contributed by atoms with van der Waals surface area (Å²) in [5.41, 5.74) is 0.882. The molecule has 1 fully saturated rings. The molecule has 0 bridgehead atoms. The number of rotatable bonds is 4. The Morgan fingerprint density at radius 1 is 1.47 bits per heavy atom. The quantitative estimate of drug-likeness (QED) is 0.900. The zero-order chi connectivity index (χ0) is 13.1. The lowest BCUT2D eigenvalue weighted by Crippen LogP contribution is -2.23. The second-order valence-corrected chi connectivity index (χ2v) is 6.89. The van der Waals surface area contributed by atoms with Crippen LogP contribution in [0, 0.1) is 0 Å². The van der Waals surface area contributed by atoms with Crippen LogP contribution in [0.5, 0.6) is 0 Å². The topological polar surface area (TPSA) is 54.2 Å². The van der Waals surface area contributed by atoms with Gasteiger partial charge in [-0.05, 0) is 0 Å². The molecule has 2 aromatic rings. The summed E-state index contributed by atoms with van der Waals surface area (Å²) in [6.07, 6.45) is 5.68. The summed E-state index contributed by atoms with van der Waals surface area (Å²) >= 11 is 4.08. The van der Waals surface area contributed by atoms with Gasteiger partial charge in [-0.2, -0.15) is 23.5 Å². The van der Waals surface area contributed by atoms with Crippen molar-refractivity contribution in [1.29, 1.82) is 0 Å². The van der Waals surface area contributed by atoms with Gasteiger partial charge in [-0.3, -0.25) is 0 Å². The van der Waals surface area contributed by atoms with Crippen LogP contribution in [-0.2, 0) is 0 Å². The monoisotopic (exact) mass is 295 g/mol. The fraction of sp³-hybridized carbons (Fsp3) is 0.500. The normalized spacial score (nSPS) is 19.5. The Hall–Kier alpha value is -1.08. The molecule has 3 rings (SSSR count). The molecule has 0 amide bonds. The van der Waals surface area contributed by atoms with E-state index in [1.165, 1.54) is 17.3 Å². The van der Waals surface area contributed by atoms with Gasteiger partial charge in [0.1, 0.15) is 5.82 Å². The van der Waals surface area contributed by atoms with E-state index in [0.29, 0.717) is 5.25 Å². The summed E-state index contributed by atoms with van der Waals surface area (Å²) in [5.74, 6) is 5.44. The Balaban J connectivity index is 1.77. The van der Waals surface area contributed by atoms with Crippen molar-refractivity contribution < 1.29 is 0 Å². The summed E-state index contributed by atoms with van der Waals surface area (Å²) in [6, 6.07) is 0. The number of nitrogens with one attached hydrogen (secondary N) is 2. The van der Waals surface area contributed by atoms with Crippen molar-refractivity contribution in [3.8, 4) is 0 Å². The summed E-state index contributed by atoms with van der Waals surface area (Å²) in [4.78, 5) is 8.91. The smallest absolute Gasteiger partial charge is 0.180 e. The predicted octanol–water partition coefficient (Wildman–Crippen LogP) is 2.03. The van der Waals surface area contributed by atoms with Crippen molar-refractivity contribution in [3.63, 3.8) is 0 Å². The van der Waals surface area contributed by atoms with Gasteiger partial charge in [0.25, 0.3) is 0 Å². The average Bonchev–Trinajstić information content (AvgIpc) is 2.94. The zero-order valence-corrected chi connectivity index (χ0v) is 12.4. The van der Waals surface area contributed by atoms with Crippen LogP contribution < -0.4 is 10.6 Å². The first-order chi connectivity index (χ1) is 9.36. The lowest BCUT2D eigenvalue weighted by Gasteiger charge is -2.21. The van der Waals surface area contributed by atoms with Crippen LogP contribution >= 0.6 is 23.5 Å². The highest BCUT2D eigenvalue weighted by atomic mass is 32.2. The lowest BCUT2D eigenvalue weighted by atomic mass is 10.4. The van der Waals surface area contributed by atoms with Crippen molar-refractivity contribution in [2.45, 2.75) is 5.25 Å². The molecule has 0 saturated carbocycles. The lowest BCUT2D eigenvalue weighted by molar-refractivity contribution is 0.987. The molecular formula is C12H17N5S2. The van der Waals surface area contributed by atoms with E-state index in [0.717, 1.165) is 23.8 Å². The molecular weight excluding hydrogens is 278 g/mol. The number of anilines is 2. The van der Waals surface area contributed by atoms with Gasteiger partial charge in [-0.25, -0.2) is 9.97 Å². The summed E-state index contributed by atoms with van der Waals surface area (Å²) in [6.45, 7) is 0.945. The maximum absolute atomic E-state index is 4.55. The van der Waals surface area contributed by atoms with Crippen molar-refractivity contribution in [2.75, 3.05) is 41.5 Å². The number of fused-ring (bicyclic) bond motifs is 1. The fourth-order valence-electron chi connectivity index (χ4n) is 2.04. The second kappa shape index (κ2) is 5.92. The van der Waals surface area contributed by atoms with E-state index in [4.69, 9.17) is 0 Å². The Labute approximate surface area is 121 Å². The van der Waals surface area contributed by atoms with Crippen molar-refractivity contribution in [3.05, 3.63) is 18.6 Å². The highest BCUT2D eigenvalue weighted by molar-refractivity contribution is 8.06. The van der Waals surface area contributed by atoms with Gasteiger partial charge in [0.15, 0.2) is 11.5 Å². The van der Waals surface area contributed by atoms with Crippen LogP contribution in [-0.4, -0.2) is 50.5 Å². The maximum atomic E-state index is 4.55. The highest BCUT2D eigenvalue weighted by Gasteiger charge is 2.15. The van der Waals surface area contributed by atoms with Crippen LogP contribution in [0.25, 0.3) is 5.65 Å². The van der Waals surface area contributed by atoms with Gasteiger partial charge in [-0.15, -0.1) is 0 Å². The van der Waals surface area contributed by atoms with Gasteiger partial charge >= 0.3 is 0 Å². The number of hydrogen-bond donors (Lipinski definition) is 2. The molecule has 2 N–H and O–H groups in total. The van der Waals surface area contributed by atoms with Crippen LogP contribution in [0.4, 0.5) is 11.6 Å². The van der Waals surface area contributed by atoms with E-state index in [1.54, 1.807) is 6.20 Å². The van der Waals surface area contributed by atoms with E-state index >= 15 is 0 Å². The minimum Gasteiger partial charge on any atom is -0.372 e. The van der Waals surface area contributed by atoms with Crippen LogP contribution in [0.3, 0.4) is 0 Å². The van der Waals surface area contributed by atoms with Gasteiger partial charge in [-0.1, -0.05) is 0 Å². The van der Waals surface area contributed by atoms with Crippen molar-refractivity contribution >= 4 is 40.8 Å². The number of aromatic nitrogens is 3. The summed E-state index contributed by atoms with van der Waals surface area (Å²) in [5, 5.41) is 7.19. The summed E-state index contributed by atoms with van der Waals surface area (Å²) in [7, 11) is 1.88. The number of nitrogens with zero attached hydrogens (tertiary/aromatic N) is 3. The second-order valence-electron chi connectivity index (χ2n) is 4.33. The Kier molecular flexibility index (Phi) is 4.03. The minimum atomic E-state index is 0.661. The first-order valence-electron chi connectivity index (χ1n) is 6.31. The summed E-state index contributed by atoms with van der Waals surface area (Å²) < 4.78 is 1.99. The largest absolute Gasteiger partial charge is 0.372 e. The van der Waals surface area contributed by atoms with Crippen molar-refractivity contribution in [2.24, 2.45) is 0 Å². The molecule has 1 unspecified atom stereocenters. The molecule has 1 aliphatic rings. The number of imidazole rings is 1. The third-order valence-electron chi connectivity index (χ3n) is 3.01. The van der Waals surface area contributed by atoms with Crippen LogP contribution in [0.1, 0.15) is 0 Å². The zero-order valence-electron chi connectivity index (χ0n) is 10.8. The molecule has 7 heteroatoms. The SMILES string of the molecule is CNc1cn2ccnc2c(NCC2CSCCS2)n1. The molecule has 1 atom stereocenters. The first-order valence-corrected chi connectivity index (χ1v) is 8.52. The molecule has 0 aromatic carbocycles. The molecule has 0 spiro atoms. The van der Waals surface area contributed by atoms with E-state index in [9.17, 15) is 0 Å². The third-order valence-corrected chi connectivity index (χ3v) is 5.86. The van der Waals surface area contributed by atoms with Gasteiger partial charge in [0.05, 0.1) is 6.20 Å². The Morgan fingerprint density at radius 2 is 2.42 bits per heavy atom. The minimum absolute atomic E-state index is 0.661. The van der Waals surface area contributed by atoms with Gasteiger partial charge in [0, 0.05) is 48.5 Å².